The molecule has 2 aromatic carbocycles. The van der Waals surface area contributed by atoms with Gasteiger partial charge in [0.15, 0.2) is 0 Å². The molecule has 1 heterocycles. The molecule has 0 bridgehead atoms. The number of aromatic nitrogens is 2. The standard InChI is InChI=1S/C22H21F2N3O/c23-22(24)18-11-5-6-12-21(18,22)13-19(28)25-15-8-2-1-7-14(15)20-26-16-9-3-4-10-17(16)27-20/h1-4,7-10,18H,5-6,11-13H2,(H,25,28)(H,26,27). The highest BCUT2D eigenvalue weighted by Crippen LogP contribution is 2.73. The first-order chi connectivity index (χ1) is 13.5. The number of fused-ring (bicyclic) bond motifs is 2. The minimum absolute atomic E-state index is 0.126. The quantitative estimate of drug-likeness (QED) is 0.637. The first-order valence-corrected chi connectivity index (χ1v) is 9.73. The van der Waals surface area contributed by atoms with Crippen LogP contribution in [0.25, 0.3) is 22.4 Å². The fourth-order valence-electron chi connectivity index (χ4n) is 4.87. The van der Waals surface area contributed by atoms with Crippen molar-refractivity contribution in [3.8, 4) is 11.4 Å². The molecular weight excluding hydrogens is 360 g/mol. The van der Waals surface area contributed by atoms with Crippen LogP contribution in [0.5, 0.6) is 0 Å². The van der Waals surface area contributed by atoms with E-state index in [9.17, 15) is 13.6 Å². The molecule has 144 valence electrons. The summed E-state index contributed by atoms with van der Waals surface area (Å²) in [7, 11) is 0. The highest BCUT2D eigenvalue weighted by atomic mass is 19.3. The van der Waals surface area contributed by atoms with Crippen molar-refractivity contribution in [1.82, 2.24) is 9.97 Å². The van der Waals surface area contributed by atoms with E-state index >= 15 is 0 Å². The molecule has 1 amide bonds. The lowest BCUT2D eigenvalue weighted by Crippen LogP contribution is -2.23. The second-order valence-corrected chi connectivity index (χ2v) is 7.95. The summed E-state index contributed by atoms with van der Waals surface area (Å²) in [6.45, 7) is 0. The van der Waals surface area contributed by atoms with Gasteiger partial charge in [-0.3, -0.25) is 4.79 Å². The van der Waals surface area contributed by atoms with Crippen LogP contribution >= 0.6 is 0 Å². The van der Waals surface area contributed by atoms with Gasteiger partial charge in [0.1, 0.15) is 5.82 Å². The maximum absolute atomic E-state index is 14.3. The molecule has 2 saturated carbocycles. The Kier molecular flexibility index (Phi) is 3.79. The van der Waals surface area contributed by atoms with Gasteiger partial charge in [0, 0.05) is 17.9 Å². The number of anilines is 1. The van der Waals surface area contributed by atoms with E-state index in [1.165, 1.54) is 0 Å². The van der Waals surface area contributed by atoms with E-state index in [1.54, 1.807) is 6.07 Å². The Morgan fingerprint density at radius 1 is 1.14 bits per heavy atom. The molecule has 28 heavy (non-hydrogen) atoms. The van der Waals surface area contributed by atoms with Crippen molar-refractivity contribution in [3.05, 3.63) is 48.5 Å². The summed E-state index contributed by atoms with van der Waals surface area (Å²) in [4.78, 5) is 20.5. The molecule has 1 aromatic heterocycles. The van der Waals surface area contributed by atoms with Gasteiger partial charge in [-0.2, -0.15) is 0 Å². The number of aromatic amines is 1. The van der Waals surface area contributed by atoms with Gasteiger partial charge in [-0.15, -0.1) is 0 Å². The third kappa shape index (κ3) is 2.54. The number of nitrogens with one attached hydrogen (secondary N) is 2. The van der Waals surface area contributed by atoms with Gasteiger partial charge in [0.2, 0.25) is 5.91 Å². The lowest BCUT2D eigenvalue weighted by Gasteiger charge is -2.20. The molecule has 2 atom stereocenters. The fraction of sp³-hybridized carbons (Fsp3) is 0.364. The highest BCUT2D eigenvalue weighted by molar-refractivity contribution is 5.96. The molecule has 2 N–H and O–H groups in total. The smallest absolute Gasteiger partial charge is 0.258 e. The molecular formula is C22H21F2N3O. The van der Waals surface area contributed by atoms with Crippen LogP contribution in [-0.4, -0.2) is 21.8 Å². The average Bonchev–Trinajstić information content (AvgIpc) is 3.00. The van der Waals surface area contributed by atoms with Crippen LogP contribution < -0.4 is 5.32 Å². The van der Waals surface area contributed by atoms with E-state index in [0.717, 1.165) is 29.4 Å². The Hall–Kier alpha value is -2.76. The number of alkyl halides is 2. The molecule has 0 radical (unpaired) electrons. The summed E-state index contributed by atoms with van der Waals surface area (Å²) in [6.07, 6.45) is 2.44. The molecule has 4 nitrogen and oxygen atoms in total. The van der Waals surface area contributed by atoms with E-state index in [2.05, 4.69) is 15.3 Å². The predicted molar refractivity (Wildman–Crippen MR) is 104 cm³/mol. The number of amides is 1. The first-order valence-electron chi connectivity index (χ1n) is 9.73. The van der Waals surface area contributed by atoms with Gasteiger partial charge in [-0.05, 0) is 37.1 Å². The van der Waals surface area contributed by atoms with E-state index in [1.807, 2.05) is 42.5 Å². The van der Waals surface area contributed by atoms with E-state index < -0.39 is 17.3 Å². The minimum Gasteiger partial charge on any atom is -0.338 e. The first kappa shape index (κ1) is 17.3. The second kappa shape index (κ2) is 6.12. The van der Waals surface area contributed by atoms with Gasteiger partial charge >= 0.3 is 0 Å². The Bertz CT molecular complexity index is 1030. The molecule has 2 aliphatic rings. The Morgan fingerprint density at radius 2 is 1.93 bits per heavy atom. The molecule has 3 aromatic rings. The summed E-state index contributed by atoms with van der Waals surface area (Å²) >= 11 is 0. The summed E-state index contributed by atoms with van der Waals surface area (Å²) in [6, 6.07) is 15.0. The maximum atomic E-state index is 14.3. The van der Waals surface area contributed by atoms with Gasteiger partial charge < -0.3 is 10.3 Å². The Balaban J connectivity index is 1.40. The summed E-state index contributed by atoms with van der Waals surface area (Å²) in [5.41, 5.74) is 1.93. The van der Waals surface area contributed by atoms with Crippen molar-refractivity contribution < 1.29 is 13.6 Å². The topological polar surface area (TPSA) is 57.8 Å². The minimum atomic E-state index is -2.71. The number of hydrogen-bond acceptors (Lipinski definition) is 2. The molecule has 0 aliphatic heterocycles. The maximum Gasteiger partial charge on any atom is 0.258 e. The molecule has 6 heteroatoms. The monoisotopic (exact) mass is 381 g/mol. The van der Waals surface area contributed by atoms with E-state index in [4.69, 9.17) is 0 Å². The summed E-state index contributed by atoms with van der Waals surface area (Å²) < 4.78 is 28.6. The third-order valence-corrected chi connectivity index (χ3v) is 6.37. The van der Waals surface area contributed by atoms with Gasteiger partial charge in [0.05, 0.1) is 22.1 Å². The van der Waals surface area contributed by atoms with Crippen molar-refractivity contribution in [2.45, 2.75) is 38.0 Å². The van der Waals surface area contributed by atoms with Crippen LogP contribution in [0, 0.1) is 11.3 Å². The second-order valence-electron chi connectivity index (χ2n) is 7.95. The van der Waals surface area contributed by atoms with Crippen LogP contribution in [-0.2, 0) is 4.79 Å². The number of nitrogens with zero attached hydrogens (tertiary/aromatic N) is 1. The van der Waals surface area contributed by atoms with Crippen LogP contribution in [0.2, 0.25) is 0 Å². The van der Waals surface area contributed by atoms with Crippen molar-refractivity contribution in [2.24, 2.45) is 11.3 Å². The molecule has 5 rings (SSSR count). The van der Waals surface area contributed by atoms with Crippen molar-refractivity contribution in [3.63, 3.8) is 0 Å². The molecule has 0 saturated heterocycles. The zero-order chi connectivity index (χ0) is 19.4. The molecule has 0 spiro atoms. The number of H-pyrrole nitrogens is 1. The number of imidazole rings is 1. The SMILES string of the molecule is O=C(CC12CCCCC1C2(F)F)Nc1ccccc1-c1nc2ccccc2[nH]1. The van der Waals surface area contributed by atoms with Crippen molar-refractivity contribution in [1.29, 1.82) is 0 Å². The highest BCUT2D eigenvalue weighted by Gasteiger charge is 2.80. The Labute approximate surface area is 161 Å². The van der Waals surface area contributed by atoms with Gasteiger partial charge in [-0.25, -0.2) is 13.8 Å². The Morgan fingerprint density at radius 3 is 2.75 bits per heavy atom. The lowest BCUT2D eigenvalue weighted by molar-refractivity contribution is -0.118. The lowest BCUT2D eigenvalue weighted by atomic mass is 9.85. The van der Waals surface area contributed by atoms with E-state index in [-0.39, 0.29) is 12.3 Å². The number of rotatable bonds is 4. The molecule has 2 fully saturated rings. The fourth-order valence-corrected chi connectivity index (χ4v) is 4.87. The van der Waals surface area contributed by atoms with Crippen LogP contribution in [0.1, 0.15) is 32.1 Å². The number of hydrogen-bond donors (Lipinski definition) is 2. The number of para-hydroxylation sites is 3. The van der Waals surface area contributed by atoms with Gasteiger partial charge in [-0.1, -0.05) is 37.1 Å². The number of benzene rings is 2. The van der Waals surface area contributed by atoms with Crippen molar-refractivity contribution in [2.75, 3.05) is 5.32 Å². The summed E-state index contributed by atoms with van der Waals surface area (Å²) in [5, 5.41) is 2.86. The van der Waals surface area contributed by atoms with Gasteiger partial charge in [0.25, 0.3) is 5.92 Å². The van der Waals surface area contributed by atoms with E-state index in [0.29, 0.717) is 24.4 Å². The van der Waals surface area contributed by atoms with Crippen LogP contribution in [0.15, 0.2) is 48.5 Å². The zero-order valence-electron chi connectivity index (χ0n) is 15.3. The molecule has 2 unspecified atom stereocenters. The van der Waals surface area contributed by atoms with Crippen LogP contribution in [0.4, 0.5) is 14.5 Å². The number of halogens is 2. The summed E-state index contributed by atoms with van der Waals surface area (Å²) in [5.74, 6) is -3.06. The predicted octanol–water partition coefficient (Wildman–Crippen LogP) is 5.38. The normalized spacial score (nSPS) is 25.3. The van der Waals surface area contributed by atoms with Crippen LogP contribution in [0.3, 0.4) is 0 Å². The third-order valence-electron chi connectivity index (χ3n) is 6.37. The zero-order valence-corrected chi connectivity index (χ0v) is 15.3. The number of carbonyl (C=O) groups excluding carboxylic acids is 1. The van der Waals surface area contributed by atoms with Crippen molar-refractivity contribution >= 4 is 22.6 Å². The molecule has 2 aliphatic carbocycles. The average molecular weight is 381 g/mol. The number of carbonyl (C=O) groups is 1. The largest absolute Gasteiger partial charge is 0.338 e.